The molecule has 0 bridgehead atoms. The quantitative estimate of drug-likeness (QED) is 0.554. The van der Waals surface area contributed by atoms with Crippen molar-refractivity contribution in [2.75, 3.05) is 18.5 Å². The minimum absolute atomic E-state index is 0.139. The highest BCUT2D eigenvalue weighted by Crippen LogP contribution is 2.23. The van der Waals surface area contributed by atoms with E-state index in [-0.39, 0.29) is 17.5 Å². The number of sulfonamides is 1. The Morgan fingerprint density at radius 3 is 2.56 bits per heavy atom. The van der Waals surface area contributed by atoms with Crippen molar-refractivity contribution in [2.24, 2.45) is 7.05 Å². The van der Waals surface area contributed by atoms with E-state index in [0.29, 0.717) is 18.2 Å². The summed E-state index contributed by atoms with van der Waals surface area (Å²) in [6, 6.07) is 8.18. The first kappa shape index (κ1) is 22.3. The van der Waals surface area contributed by atoms with Crippen LogP contribution in [0.25, 0.3) is 11.4 Å². The van der Waals surface area contributed by atoms with Gasteiger partial charge in [-0.3, -0.25) is 0 Å². The number of aryl methyl sites for hydroxylation is 1. The fraction of sp³-hybridized carbons (Fsp3) is 0.381. The molecular formula is C21H26N6O4S. The molecule has 0 aliphatic carbocycles. The van der Waals surface area contributed by atoms with Crippen molar-refractivity contribution >= 4 is 21.7 Å². The third kappa shape index (κ3) is 4.96. The second-order valence-electron chi connectivity index (χ2n) is 7.97. The molecule has 1 aliphatic rings. The van der Waals surface area contributed by atoms with E-state index >= 15 is 0 Å². The van der Waals surface area contributed by atoms with Gasteiger partial charge in [0.2, 0.25) is 16.0 Å². The molecule has 170 valence electrons. The van der Waals surface area contributed by atoms with E-state index in [2.05, 4.69) is 25.0 Å². The molecule has 1 fully saturated rings. The van der Waals surface area contributed by atoms with Crippen LogP contribution in [-0.2, 0) is 26.5 Å². The average molecular weight is 459 g/mol. The Labute approximate surface area is 187 Å². The molecule has 1 saturated heterocycles. The highest BCUT2D eigenvalue weighted by molar-refractivity contribution is 7.89. The summed E-state index contributed by atoms with van der Waals surface area (Å²) >= 11 is 0. The van der Waals surface area contributed by atoms with Crippen LogP contribution in [0.4, 0.5) is 11.6 Å². The van der Waals surface area contributed by atoms with Gasteiger partial charge in [-0.1, -0.05) is 0 Å². The molecule has 0 spiro atoms. The van der Waals surface area contributed by atoms with Crippen molar-refractivity contribution < 1.29 is 17.9 Å². The van der Waals surface area contributed by atoms with E-state index in [1.54, 1.807) is 38.4 Å². The van der Waals surface area contributed by atoms with Gasteiger partial charge in [-0.2, -0.15) is 0 Å². The third-order valence-electron chi connectivity index (χ3n) is 5.13. The number of anilines is 2. The van der Waals surface area contributed by atoms with Gasteiger partial charge in [0, 0.05) is 25.5 Å². The largest absolute Gasteiger partial charge is 0.348 e. The highest BCUT2D eigenvalue weighted by Gasteiger charge is 2.33. The SMILES string of the molecule is Cc1ncc(-c2ccnc(Nc3ccc(S(=O)(=O)NCC4COC(C)(C)O4)cc3)n2)n1C. The van der Waals surface area contributed by atoms with E-state index in [0.717, 1.165) is 17.2 Å². The number of benzene rings is 1. The van der Waals surface area contributed by atoms with E-state index in [1.807, 2.05) is 24.6 Å². The van der Waals surface area contributed by atoms with Gasteiger partial charge in [-0.15, -0.1) is 0 Å². The summed E-state index contributed by atoms with van der Waals surface area (Å²) in [5, 5.41) is 3.10. The maximum atomic E-state index is 12.6. The summed E-state index contributed by atoms with van der Waals surface area (Å²) in [4.78, 5) is 13.2. The summed E-state index contributed by atoms with van der Waals surface area (Å²) < 4.78 is 40.8. The van der Waals surface area contributed by atoms with Gasteiger partial charge in [-0.05, 0) is 51.1 Å². The van der Waals surface area contributed by atoms with Gasteiger partial charge in [-0.25, -0.2) is 28.1 Å². The first-order chi connectivity index (χ1) is 15.1. The number of rotatable bonds is 7. The zero-order valence-corrected chi connectivity index (χ0v) is 19.2. The van der Waals surface area contributed by atoms with Crippen molar-refractivity contribution in [3.05, 3.63) is 48.5 Å². The van der Waals surface area contributed by atoms with Crippen molar-refractivity contribution in [1.82, 2.24) is 24.2 Å². The van der Waals surface area contributed by atoms with E-state index in [4.69, 9.17) is 9.47 Å². The predicted molar refractivity (Wildman–Crippen MR) is 119 cm³/mol. The van der Waals surface area contributed by atoms with Crippen LogP contribution in [0.2, 0.25) is 0 Å². The van der Waals surface area contributed by atoms with Gasteiger partial charge < -0.3 is 19.4 Å². The number of hydrogen-bond acceptors (Lipinski definition) is 8. The van der Waals surface area contributed by atoms with Crippen LogP contribution in [-0.4, -0.2) is 53.0 Å². The summed E-state index contributed by atoms with van der Waals surface area (Å²) in [6.45, 7) is 5.99. The molecule has 0 saturated carbocycles. The molecule has 32 heavy (non-hydrogen) atoms. The molecule has 3 aromatic rings. The molecule has 1 aliphatic heterocycles. The number of imidazole rings is 1. The summed E-state index contributed by atoms with van der Waals surface area (Å²) in [5.74, 6) is 0.587. The summed E-state index contributed by atoms with van der Waals surface area (Å²) in [6.07, 6.45) is 3.09. The molecule has 1 aromatic carbocycles. The standard InChI is InChI=1S/C21H26N6O4S/c1-14-23-12-19(27(14)4)18-9-10-22-20(26-18)25-15-5-7-17(8-6-15)32(28,29)24-11-16-13-30-21(2,3)31-16/h5-10,12,16,24H,11,13H2,1-4H3,(H,22,25,26). The molecule has 0 amide bonds. The van der Waals surface area contributed by atoms with Gasteiger partial charge in [0.25, 0.3) is 0 Å². The van der Waals surface area contributed by atoms with Crippen molar-refractivity contribution in [3.8, 4) is 11.4 Å². The summed E-state index contributed by atoms with van der Waals surface area (Å²) in [5.41, 5.74) is 2.27. The Hall–Kier alpha value is -2.86. The van der Waals surface area contributed by atoms with Crippen molar-refractivity contribution in [3.63, 3.8) is 0 Å². The predicted octanol–water partition coefficient (Wildman–Crippen LogP) is 2.36. The molecule has 1 unspecified atom stereocenters. The lowest BCUT2D eigenvalue weighted by Crippen LogP contribution is -2.34. The molecule has 11 heteroatoms. The number of nitrogens with one attached hydrogen (secondary N) is 2. The molecule has 2 N–H and O–H groups in total. The number of ether oxygens (including phenoxy) is 2. The molecular weight excluding hydrogens is 432 g/mol. The minimum Gasteiger partial charge on any atom is -0.348 e. The van der Waals surface area contributed by atoms with E-state index in [9.17, 15) is 8.42 Å². The Bertz CT molecular complexity index is 1210. The Morgan fingerprint density at radius 1 is 1.19 bits per heavy atom. The number of hydrogen-bond donors (Lipinski definition) is 2. The van der Waals surface area contributed by atoms with E-state index < -0.39 is 15.8 Å². The monoisotopic (exact) mass is 458 g/mol. The van der Waals surface area contributed by atoms with Gasteiger partial charge >= 0.3 is 0 Å². The molecule has 3 heterocycles. The molecule has 2 aromatic heterocycles. The highest BCUT2D eigenvalue weighted by atomic mass is 32.2. The summed E-state index contributed by atoms with van der Waals surface area (Å²) in [7, 11) is -1.75. The van der Waals surface area contributed by atoms with Crippen molar-refractivity contribution in [2.45, 2.75) is 37.6 Å². The van der Waals surface area contributed by atoms with Crippen LogP contribution < -0.4 is 10.0 Å². The maximum Gasteiger partial charge on any atom is 0.240 e. The molecule has 0 radical (unpaired) electrons. The van der Waals surface area contributed by atoms with Gasteiger partial charge in [0.15, 0.2) is 5.79 Å². The van der Waals surface area contributed by atoms with Crippen LogP contribution in [0.5, 0.6) is 0 Å². The molecule has 1 atom stereocenters. The van der Waals surface area contributed by atoms with Crippen LogP contribution in [0.1, 0.15) is 19.7 Å². The average Bonchev–Trinajstić information content (AvgIpc) is 3.28. The second-order valence-corrected chi connectivity index (χ2v) is 9.73. The van der Waals surface area contributed by atoms with Crippen LogP contribution in [0.15, 0.2) is 47.6 Å². The Kier molecular flexibility index (Phi) is 5.99. The maximum absolute atomic E-state index is 12.6. The third-order valence-corrected chi connectivity index (χ3v) is 6.57. The second kappa shape index (κ2) is 8.58. The lowest BCUT2D eigenvalue weighted by molar-refractivity contribution is -0.137. The van der Waals surface area contributed by atoms with E-state index in [1.165, 1.54) is 12.1 Å². The first-order valence-corrected chi connectivity index (χ1v) is 11.6. The fourth-order valence-electron chi connectivity index (χ4n) is 3.30. The zero-order chi connectivity index (χ0) is 22.9. The van der Waals surface area contributed by atoms with Gasteiger partial charge in [0.1, 0.15) is 5.82 Å². The fourth-order valence-corrected chi connectivity index (χ4v) is 4.36. The zero-order valence-electron chi connectivity index (χ0n) is 18.4. The molecule has 10 nitrogen and oxygen atoms in total. The van der Waals surface area contributed by atoms with Gasteiger partial charge in [0.05, 0.1) is 35.2 Å². The topological polar surface area (TPSA) is 120 Å². The van der Waals surface area contributed by atoms with Crippen molar-refractivity contribution in [1.29, 1.82) is 0 Å². The lowest BCUT2D eigenvalue weighted by atomic mass is 10.3. The van der Waals surface area contributed by atoms with Crippen LogP contribution in [0, 0.1) is 6.92 Å². The van der Waals surface area contributed by atoms with Crippen LogP contribution in [0.3, 0.4) is 0 Å². The normalized spacial score (nSPS) is 18.1. The lowest BCUT2D eigenvalue weighted by Gasteiger charge is -2.17. The first-order valence-electron chi connectivity index (χ1n) is 10.1. The Morgan fingerprint density at radius 2 is 1.94 bits per heavy atom. The number of aromatic nitrogens is 4. The minimum atomic E-state index is -3.67. The number of nitrogens with zero attached hydrogens (tertiary/aromatic N) is 4. The Balaban J connectivity index is 1.42. The van der Waals surface area contributed by atoms with Crippen LogP contribution >= 0.6 is 0 Å². The smallest absolute Gasteiger partial charge is 0.240 e. The molecule has 4 rings (SSSR count).